The molecule has 2 saturated carbocycles. The fourth-order valence-electron chi connectivity index (χ4n) is 10.9. The van der Waals surface area contributed by atoms with Gasteiger partial charge in [-0.1, -0.05) is 158 Å². The highest BCUT2D eigenvalue weighted by molar-refractivity contribution is 6.83. The molecule has 2 fully saturated rings. The monoisotopic (exact) mass is 602 g/mol. The van der Waals surface area contributed by atoms with E-state index >= 15 is 0 Å². The smallest absolute Gasteiger partial charge is 0.0610 e. The van der Waals surface area contributed by atoms with Gasteiger partial charge in [-0.15, -0.1) is 0 Å². The normalized spacial score (nSPS) is 31.6. The topological polar surface area (TPSA) is 0 Å². The van der Waals surface area contributed by atoms with Crippen LogP contribution in [0.2, 0.25) is 23.2 Å². The van der Waals surface area contributed by atoms with Gasteiger partial charge in [-0.3, -0.25) is 0 Å². The van der Waals surface area contributed by atoms with Gasteiger partial charge in [0.1, 0.15) is 0 Å². The van der Waals surface area contributed by atoms with Crippen LogP contribution in [0.5, 0.6) is 0 Å². The molecule has 0 spiro atoms. The summed E-state index contributed by atoms with van der Waals surface area (Å²) in [7, 11) is -1.74. The van der Waals surface area contributed by atoms with Crippen molar-refractivity contribution in [1.29, 1.82) is 0 Å². The van der Waals surface area contributed by atoms with Crippen LogP contribution in [0, 0.1) is 48.3 Å². The molecule has 0 aliphatic heterocycles. The second kappa shape index (κ2) is 12.1. The van der Waals surface area contributed by atoms with Crippen molar-refractivity contribution in [2.45, 2.75) is 104 Å². The minimum atomic E-state index is -1.74. The lowest BCUT2D eigenvalue weighted by Gasteiger charge is -2.50. The summed E-state index contributed by atoms with van der Waals surface area (Å²) >= 11 is 0. The number of benzene rings is 2. The molecule has 0 heterocycles. The zero-order valence-corrected chi connectivity index (χ0v) is 30.1. The Morgan fingerprint density at radius 1 is 0.727 bits per heavy atom. The SMILES string of the molecule is CC[Si](CC)(C1C(C)CC2C(c3ccc(C)cc3)=CC=CC21)C1C2C=CC=C(c3ccc(C(C)(C)C)cc3)C2CC1C(C)C. The minimum absolute atomic E-state index is 0.189. The molecule has 2 aromatic carbocycles. The molecule has 4 aliphatic carbocycles. The van der Waals surface area contributed by atoms with Crippen molar-refractivity contribution in [3.05, 3.63) is 107 Å². The van der Waals surface area contributed by atoms with E-state index < -0.39 is 8.07 Å². The lowest BCUT2D eigenvalue weighted by Crippen LogP contribution is -2.50. The van der Waals surface area contributed by atoms with Gasteiger partial charge in [0.2, 0.25) is 0 Å². The summed E-state index contributed by atoms with van der Waals surface area (Å²) in [6.07, 6.45) is 17.9. The second-order valence-electron chi connectivity index (χ2n) is 16.4. The van der Waals surface area contributed by atoms with Gasteiger partial charge in [-0.25, -0.2) is 0 Å². The summed E-state index contributed by atoms with van der Waals surface area (Å²) in [5, 5.41) is 0. The molecule has 0 N–H and O–H groups in total. The van der Waals surface area contributed by atoms with E-state index in [-0.39, 0.29) is 5.41 Å². The summed E-state index contributed by atoms with van der Waals surface area (Å²) in [5.74, 6) is 5.02. The lowest BCUT2D eigenvalue weighted by molar-refractivity contribution is 0.369. The Balaban J connectivity index is 1.37. The third-order valence-corrected chi connectivity index (χ3v) is 20.0. The van der Waals surface area contributed by atoms with Crippen molar-refractivity contribution in [2.75, 3.05) is 0 Å². The molecular weight excluding hydrogens is 545 g/mol. The summed E-state index contributed by atoms with van der Waals surface area (Å²) in [6, 6.07) is 21.9. The van der Waals surface area contributed by atoms with Crippen molar-refractivity contribution >= 4 is 19.2 Å². The Labute approximate surface area is 270 Å². The number of hydrogen-bond acceptors (Lipinski definition) is 0. The Morgan fingerprint density at radius 3 is 1.73 bits per heavy atom. The van der Waals surface area contributed by atoms with Gasteiger partial charge in [0.25, 0.3) is 0 Å². The number of hydrogen-bond donors (Lipinski definition) is 0. The molecule has 8 unspecified atom stereocenters. The van der Waals surface area contributed by atoms with Gasteiger partial charge in [-0.2, -0.15) is 0 Å². The van der Waals surface area contributed by atoms with Gasteiger partial charge >= 0.3 is 0 Å². The van der Waals surface area contributed by atoms with E-state index in [0.29, 0.717) is 23.7 Å². The van der Waals surface area contributed by atoms with E-state index in [1.165, 1.54) is 47.2 Å². The Hall–Kier alpha value is -2.38. The summed E-state index contributed by atoms with van der Waals surface area (Å²) in [4.78, 5) is 0. The maximum Gasteiger partial charge on any atom is 0.0610 e. The fraction of sp³-hybridized carbons (Fsp3) is 0.535. The maximum absolute atomic E-state index is 2.68. The van der Waals surface area contributed by atoms with Crippen LogP contribution in [-0.2, 0) is 5.41 Å². The van der Waals surface area contributed by atoms with E-state index in [9.17, 15) is 0 Å². The average molecular weight is 603 g/mol. The first-order valence-corrected chi connectivity index (χ1v) is 20.5. The zero-order chi connectivity index (χ0) is 31.4. The molecule has 4 aliphatic rings. The first-order chi connectivity index (χ1) is 21.0. The van der Waals surface area contributed by atoms with Crippen LogP contribution in [0.15, 0.2) is 85.0 Å². The minimum Gasteiger partial charge on any atom is -0.0808 e. The van der Waals surface area contributed by atoms with Crippen molar-refractivity contribution in [3.63, 3.8) is 0 Å². The third kappa shape index (κ3) is 5.30. The van der Waals surface area contributed by atoms with Gasteiger partial charge in [-0.05, 0) is 106 Å². The number of fused-ring (bicyclic) bond motifs is 2. The summed E-state index contributed by atoms with van der Waals surface area (Å²) in [5.41, 5.74) is 10.8. The van der Waals surface area contributed by atoms with Crippen LogP contribution in [0.25, 0.3) is 11.1 Å². The van der Waals surface area contributed by atoms with Crippen LogP contribution >= 0.6 is 0 Å². The third-order valence-electron chi connectivity index (χ3n) is 13.0. The van der Waals surface area contributed by atoms with Crippen LogP contribution < -0.4 is 0 Å². The van der Waals surface area contributed by atoms with E-state index in [2.05, 4.69) is 147 Å². The quantitative estimate of drug-likeness (QED) is 0.277. The number of rotatable bonds is 7. The fourth-order valence-corrected chi connectivity index (χ4v) is 18.5. The number of aryl methyl sites for hydroxylation is 1. The van der Waals surface area contributed by atoms with Crippen molar-refractivity contribution in [2.24, 2.45) is 41.4 Å². The van der Waals surface area contributed by atoms with E-state index in [1.807, 2.05) is 0 Å². The van der Waals surface area contributed by atoms with Crippen LogP contribution in [0.1, 0.15) is 90.5 Å². The summed E-state index contributed by atoms with van der Waals surface area (Å²) in [6.45, 7) is 22.1. The second-order valence-corrected chi connectivity index (χ2v) is 21.6. The molecule has 0 bridgehead atoms. The van der Waals surface area contributed by atoms with E-state index in [1.54, 1.807) is 11.1 Å². The predicted molar refractivity (Wildman–Crippen MR) is 195 cm³/mol. The summed E-state index contributed by atoms with van der Waals surface area (Å²) < 4.78 is 0. The molecule has 1 heteroatoms. The molecular formula is C43H58Si. The van der Waals surface area contributed by atoms with E-state index in [0.717, 1.165) is 28.8 Å². The standard InChI is InChI=1S/C43H58Si/c1-10-44(11-2,41-30(6)26-39-34(14-12-16-36(39)41)31-20-18-29(5)19-21-31)42-37-17-13-15-35(40(37)27-38(42)28(3)4)32-22-24-33(25-23-32)43(7,8)9/h12-25,28,30,36-42H,10-11,26-27H2,1-9H3. The van der Waals surface area contributed by atoms with Crippen molar-refractivity contribution < 1.29 is 0 Å². The van der Waals surface area contributed by atoms with E-state index in [4.69, 9.17) is 0 Å². The predicted octanol–water partition coefficient (Wildman–Crippen LogP) is 12.3. The first kappa shape index (κ1) is 31.6. The molecule has 44 heavy (non-hydrogen) atoms. The molecule has 0 radical (unpaired) electrons. The zero-order valence-electron chi connectivity index (χ0n) is 29.1. The van der Waals surface area contributed by atoms with Crippen LogP contribution in [0.3, 0.4) is 0 Å². The van der Waals surface area contributed by atoms with Crippen molar-refractivity contribution in [3.8, 4) is 0 Å². The average Bonchev–Trinajstić information content (AvgIpc) is 3.57. The number of allylic oxidation sites excluding steroid dienone is 8. The Bertz CT molecular complexity index is 1440. The molecule has 0 saturated heterocycles. The lowest BCUT2D eigenvalue weighted by atomic mass is 9.80. The molecule has 234 valence electrons. The van der Waals surface area contributed by atoms with Crippen molar-refractivity contribution in [1.82, 2.24) is 0 Å². The Morgan fingerprint density at radius 2 is 1.23 bits per heavy atom. The Kier molecular flexibility index (Phi) is 8.68. The highest BCUT2D eigenvalue weighted by Gasteiger charge is 2.61. The van der Waals surface area contributed by atoms with Gasteiger partial charge in [0.15, 0.2) is 0 Å². The van der Waals surface area contributed by atoms with Gasteiger partial charge in [0.05, 0.1) is 8.07 Å². The largest absolute Gasteiger partial charge is 0.0808 e. The molecule has 0 nitrogen and oxygen atoms in total. The molecule has 8 atom stereocenters. The maximum atomic E-state index is 2.68. The molecule has 0 aromatic heterocycles. The highest BCUT2D eigenvalue weighted by Crippen LogP contribution is 2.67. The molecule has 6 rings (SSSR count). The van der Waals surface area contributed by atoms with Gasteiger partial charge in [0, 0.05) is 0 Å². The van der Waals surface area contributed by atoms with Crippen LogP contribution in [0.4, 0.5) is 0 Å². The molecule has 2 aromatic rings. The van der Waals surface area contributed by atoms with Crippen LogP contribution in [-0.4, -0.2) is 8.07 Å². The highest BCUT2D eigenvalue weighted by atomic mass is 28.3. The molecule has 0 amide bonds. The first-order valence-electron chi connectivity index (χ1n) is 17.9. The van der Waals surface area contributed by atoms with Gasteiger partial charge < -0.3 is 0 Å².